The zero-order valence-electron chi connectivity index (χ0n) is 17.7. The molecule has 0 fully saturated rings. The smallest absolute Gasteiger partial charge is 0.329 e. The molecular weight excluding hydrogens is 416 g/mol. The third-order valence-corrected chi connectivity index (χ3v) is 6.79. The van der Waals surface area contributed by atoms with Crippen molar-refractivity contribution in [3.63, 3.8) is 0 Å². The summed E-state index contributed by atoms with van der Waals surface area (Å²) in [6.45, 7) is 0.177. The van der Waals surface area contributed by atoms with Crippen molar-refractivity contribution >= 4 is 22.8 Å². The number of nitrogens with one attached hydrogen (secondary N) is 2. The molecule has 164 valence electrons. The van der Waals surface area contributed by atoms with Gasteiger partial charge in [0.05, 0.1) is 12.0 Å². The molecule has 1 aliphatic heterocycles. The number of ether oxygens (including phenoxy) is 1. The molecule has 2 atom stereocenters. The van der Waals surface area contributed by atoms with E-state index in [0.29, 0.717) is 5.69 Å². The molecule has 4 aromatic rings. The van der Waals surface area contributed by atoms with E-state index in [1.165, 1.54) is 0 Å². The fourth-order valence-corrected chi connectivity index (χ4v) is 5.26. The number of esters is 1. The van der Waals surface area contributed by atoms with E-state index in [4.69, 9.17) is 4.74 Å². The molecule has 6 rings (SSSR count). The van der Waals surface area contributed by atoms with Gasteiger partial charge >= 0.3 is 5.97 Å². The van der Waals surface area contributed by atoms with Crippen LogP contribution in [-0.2, 0) is 20.7 Å². The van der Waals surface area contributed by atoms with Crippen molar-refractivity contribution in [1.29, 1.82) is 0 Å². The summed E-state index contributed by atoms with van der Waals surface area (Å²) in [5.74, 6) is -1.80. The minimum Gasteiger partial charge on any atom is -0.548 e. The van der Waals surface area contributed by atoms with Gasteiger partial charge in [0.2, 0.25) is 0 Å². The Morgan fingerprint density at radius 1 is 0.909 bits per heavy atom. The first kappa shape index (κ1) is 19.8. The van der Waals surface area contributed by atoms with Gasteiger partial charge in [-0.3, -0.25) is 5.32 Å². The quantitative estimate of drug-likeness (QED) is 0.479. The molecule has 33 heavy (non-hydrogen) atoms. The van der Waals surface area contributed by atoms with Crippen LogP contribution in [-0.4, -0.2) is 29.6 Å². The van der Waals surface area contributed by atoms with Gasteiger partial charge in [-0.15, -0.1) is 0 Å². The second-order valence-electron chi connectivity index (χ2n) is 8.60. The Morgan fingerprint density at radius 2 is 1.55 bits per heavy atom. The van der Waals surface area contributed by atoms with Crippen LogP contribution >= 0.6 is 0 Å². The second-order valence-corrected chi connectivity index (χ2v) is 8.60. The van der Waals surface area contributed by atoms with Gasteiger partial charge in [-0.25, -0.2) is 4.79 Å². The maximum atomic E-state index is 13.3. The minimum absolute atomic E-state index is 0.0657. The number of aliphatic carboxylic acids is 1. The van der Waals surface area contributed by atoms with E-state index < -0.39 is 24.0 Å². The number of carboxylic acid groups (broad SMARTS) is 1. The number of aromatic nitrogens is 1. The zero-order chi connectivity index (χ0) is 22.5. The topological polar surface area (TPSA) is 94.2 Å². The molecular formula is C27H21N2O4-. The fourth-order valence-electron chi connectivity index (χ4n) is 5.26. The van der Waals surface area contributed by atoms with Crippen LogP contribution in [0.25, 0.3) is 22.0 Å². The van der Waals surface area contributed by atoms with Crippen LogP contribution in [0.3, 0.4) is 0 Å². The van der Waals surface area contributed by atoms with Crippen molar-refractivity contribution < 1.29 is 19.4 Å². The highest BCUT2D eigenvalue weighted by Gasteiger charge is 2.36. The van der Waals surface area contributed by atoms with E-state index in [0.717, 1.165) is 38.7 Å². The van der Waals surface area contributed by atoms with Gasteiger partial charge in [-0.2, -0.15) is 0 Å². The lowest BCUT2D eigenvalue weighted by Gasteiger charge is -2.31. The van der Waals surface area contributed by atoms with Gasteiger partial charge in [0.1, 0.15) is 12.6 Å². The lowest BCUT2D eigenvalue weighted by atomic mass is 9.94. The van der Waals surface area contributed by atoms with E-state index in [-0.39, 0.29) is 18.9 Å². The molecule has 3 aromatic carbocycles. The van der Waals surface area contributed by atoms with Gasteiger partial charge in [-0.1, -0.05) is 66.7 Å². The summed E-state index contributed by atoms with van der Waals surface area (Å²) in [6.07, 6.45) is 0.245. The Kier molecular flexibility index (Phi) is 4.55. The summed E-state index contributed by atoms with van der Waals surface area (Å²) >= 11 is 0. The molecule has 1 aliphatic carbocycles. The van der Waals surface area contributed by atoms with Crippen LogP contribution in [0.4, 0.5) is 0 Å². The zero-order valence-corrected chi connectivity index (χ0v) is 17.7. The molecule has 6 nitrogen and oxygen atoms in total. The lowest BCUT2D eigenvalue weighted by molar-refractivity contribution is -0.308. The number of para-hydroxylation sites is 1. The highest BCUT2D eigenvalue weighted by atomic mass is 16.5. The van der Waals surface area contributed by atoms with Crippen LogP contribution in [0.5, 0.6) is 0 Å². The van der Waals surface area contributed by atoms with Gasteiger partial charge in [-0.05, 0) is 40.3 Å². The molecule has 2 heterocycles. The number of fused-ring (bicyclic) bond motifs is 6. The minimum atomic E-state index is -1.23. The Bertz CT molecular complexity index is 1360. The highest BCUT2D eigenvalue weighted by Crippen LogP contribution is 2.44. The van der Waals surface area contributed by atoms with Crippen LogP contribution in [0.2, 0.25) is 0 Å². The monoisotopic (exact) mass is 437 g/mol. The highest BCUT2D eigenvalue weighted by molar-refractivity contribution is 5.90. The first-order chi connectivity index (χ1) is 16.1. The number of aromatic amines is 1. The summed E-state index contributed by atoms with van der Waals surface area (Å²) in [7, 11) is 0. The fraction of sp³-hybridized carbons (Fsp3) is 0.185. The molecule has 1 aromatic heterocycles. The maximum Gasteiger partial charge on any atom is 0.329 e. The Labute approximate surface area is 190 Å². The van der Waals surface area contributed by atoms with Crippen LogP contribution in [0.1, 0.15) is 34.3 Å². The van der Waals surface area contributed by atoms with Crippen molar-refractivity contribution in [2.24, 2.45) is 0 Å². The summed E-state index contributed by atoms with van der Waals surface area (Å²) in [5.41, 5.74) is 6.89. The number of H-pyrrole nitrogens is 1. The molecule has 2 unspecified atom stereocenters. The Hall–Kier alpha value is -3.90. The van der Waals surface area contributed by atoms with Gasteiger partial charge in [0.15, 0.2) is 0 Å². The van der Waals surface area contributed by atoms with E-state index in [9.17, 15) is 14.7 Å². The second kappa shape index (κ2) is 7.60. The first-order valence-electron chi connectivity index (χ1n) is 11.0. The number of carbonyl (C=O) groups excluding carboxylic acids is 2. The molecule has 0 spiro atoms. The average molecular weight is 437 g/mol. The summed E-state index contributed by atoms with van der Waals surface area (Å²) in [4.78, 5) is 28.3. The number of carbonyl (C=O) groups is 2. The van der Waals surface area contributed by atoms with Gasteiger partial charge in [0.25, 0.3) is 0 Å². The van der Waals surface area contributed by atoms with E-state index in [2.05, 4.69) is 34.6 Å². The van der Waals surface area contributed by atoms with Crippen LogP contribution in [0, 0.1) is 0 Å². The number of carboxylic acids is 1. The largest absolute Gasteiger partial charge is 0.548 e. The van der Waals surface area contributed by atoms with Crippen molar-refractivity contribution in [1.82, 2.24) is 10.3 Å². The van der Waals surface area contributed by atoms with Crippen molar-refractivity contribution in [2.75, 3.05) is 6.61 Å². The molecule has 0 bridgehead atoms. The standard InChI is InChI=1S/C27H22N2O4/c30-26(31)23-13-20-19-11-5-6-12-22(19)28-24(20)25(29-23)27(32)33-14-21-17-9-3-1-7-15(17)16-8-2-4-10-18(16)21/h1-12,21,23,25,28-29H,13-14H2,(H,30,31)/p-1. The van der Waals surface area contributed by atoms with E-state index >= 15 is 0 Å². The van der Waals surface area contributed by atoms with Crippen LogP contribution in [0.15, 0.2) is 72.8 Å². The number of benzene rings is 3. The molecule has 0 saturated carbocycles. The Balaban J connectivity index is 1.31. The van der Waals surface area contributed by atoms with E-state index in [1.807, 2.05) is 48.5 Å². The molecule has 0 amide bonds. The molecule has 0 saturated heterocycles. The SMILES string of the molecule is O=C([O-])C1Cc2c([nH]c3ccccc23)C(C(=O)OCC2c3ccccc3-c3ccccc32)N1. The van der Waals surface area contributed by atoms with Crippen molar-refractivity contribution in [2.45, 2.75) is 24.4 Å². The van der Waals surface area contributed by atoms with Crippen molar-refractivity contribution in [3.05, 3.63) is 95.2 Å². The summed E-state index contributed by atoms with van der Waals surface area (Å²) in [5, 5.41) is 15.5. The van der Waals surface area contributed by atoms with Crippen LogP contribution < -0.4 is 10.4 Å². The third-order valence-electron chi connectivity index (χ3n) is 6.79. The van der Waals surface area contributed by atoms with E-state index in [1.54, 1.807) is 0 Å². The Morgan fingerprint density at radius 3 is 2.24 bits per heavy atom. The normalized spacial score (nSPS) is 19.0. The average Bonchev–Trinajstić information content (AvgIpc) is 3.38. The van der Waals surface area contributed by atoms with Crippen molar-refractivity contribution in [3.8, 4) is 11.1 Å². The maximum absolute atomic E-state index is 13.3. The first-order valence-corrected chi connectivity index (χ1v) is 11.0. The molecule has 2 N–H and O–H groups in total. The van der Waals surface area contributed by atoms with Gasteiger partial charge in [0, 0.05) is 22.5 Å². The molecule has 6 heteroatoms. The molecule has 0 radical (unpaired) electrons. The third kappa shape index (κ3) is 3.14. The lowest BCUT2D eigenvalue weighted by Crippen LogP contribution is -2.52. The molecule has 2 aliphatic rings. The number of rotatable bonds is 4. The number of hydrogen-bond acceptors (Lipinski definition) is 5. The summed E-state index contributed by atoms with van der Waals surface area (Å²) < 4.78 is 5.83. The predicted octanol–water partition coefficient (Wildman–Crippen LogP) is 2.83. The summed E-state index contributed by atoms with van der Waals surface area (Å²) in [6, 6.07) is 22.0. The number of hydrogen-bond donors (Lipinski definition) is 2. The van der Waals surface area contributed by atoms with Gasteiger partial charge < -0.3 is 19.6 Å². The predicted molar refractivity (Wildman–Crippen MR) is 121 cm³/mol.